The van der Waals surface area contributed by atoms with E-state index in [0.29, 0.717) is 0 Å². The summed E-state index contributed by atoms with van der Waals surface area (Å²) in [6.07, 6.45) is 0. The molecule has 0 amide bonds. The van der Waals surface area contributed by atoms with Gasteiger partial charge in [0.2, 0.25) is 0 Å². The molecule has 10 aromatic rings. The zero-order valence-electron chi connectivity index (χ0n) is 33.6. The Bertz CT molecular complexity index is 3020. The van der Waals surface area contributed by atoms with Gasteiger partial charge in [0.15, 0.2) is 0 Å². The third-order valence-electron chi connectivity index (χ3n) is 12.3. The van der Waals surface area contributed by atoms with Crippen LogP contribution in [0.15, 0.2) is 255 Å². The molecule has 0 saturated heterocycles. The number of para-hydroxylation sites is 4. The van der Waals surface area contributed by atoms with Crippen molar-refractivity contribution in [3.63, 3.8) is 0 Å². The van der Waals surface area contributed by atoms with Crippen LogP contribution in [0.3, 0.4) is 0 Å². The normalized spacial score (nSPS) is 14.0. The average molecular weight is 779 g/mol. The highest BCUT2D eigenvalue weighted by Gasteiger charge is 2.48. The first kappa shape index (κ1) is 36.2. The van der Waals surface area contributed by atoms with Gasteiger partial charge in [0.25, 0.3) is 0 Å². The van der Waals surface area contributed by atoms with Gasteiger partial charge < -0.3 is 9.80 Å². The van der Waals surface area contributed by atoms with Gasteiger partial charge in [-0.05, 0) is 117 Å². The largest absolute Gasteiger partial charge is 0.310 e. The van der Waals surface area contributed by atoms with Crippen LogP contribution in [0.25, 0.3) is 33.0 Å². The summed E-state index contributed by atoms with van der Waals surface area (Å²) >= 11 is 0. The van der Waals surface area contributed by atoms with E-state index >= 15 is 0 Å². The molecular formula is C59H42N2. The molecule has 11 rings (SSSR count). The number of fused-ring (bicyclic) bond motifs is 5. The van der Waals surface area contributed by atoms with E-state index in [9.17, 15) is 0 Å². The zero-order chi connectivity index (χ0) is 40.6. The minimum atomic E-state index is -0.686. The van der Waals surface area contributed by atoms with Gasteiger partial charge >= 0.3 is 0 Å². The first-order valence-corrected chi connectivity index (χ1v) is 21.0. The lowest BCUT2D eigenvalue weighted by Crippen LogP contribution is -2.29. The summed E-state index contributed by atoms with van der Waals surface area (Å²) in [5.74, 6) is 0. The molecule has 0 heterocycles. The monoisotopic (exact) mass is 778 g/mol. The second-order valence-electron chi connectivity index (χ2n) is 15.7. The van der Waals surface area contributed by atoms with E-state index in [-0.39, 0.29) is 0 Å². The highest BCUT2D eigenvalue weighted by Crippen LogP contribution is 2.60. The molecule has 0 spiro atoms. The summed E-state index contributed by atoms with van der Waals surface area (Å²) in [6.45, 7) is 0. The molecule has 0 N–H and O–H groups in total. The molecule has 1 aliphatic rings. The van der Waals surface area contributed by atoms with E-state index < -0.39 is 5.41 Å². The second kappa shape index (κ2) is 15.3. The second-order valence-corrected chi connectivity index (χ2v) is 15.7. The number of hydrogen-bond donors (Lipinski definition) is 0. The minimum absolute atomic E-state index is 0.686. The lowest BCUT2D eigenvalue weighted by Gasteiger charge is -2.36. The van der Waals surface area contributed by atoms with E-state index in [1.54, 1.807) is 0 Å². The van der Waals surface area contributed by atoms with Crippen molar-refractivity contribution in [2.24, 2.45) is 0 Å². The first-order valence-electron chi connectivity index (χ1n) is 21.0. The molecule has 0 saturated carbocycles. The average Bonchev–Trinajstić information content (AvgIpc) is 3.64. The topological polar surface area (TPSA) is 6.48 Å². The van der Waals surface area contributed by atoms with Crippen LogP contribution in [-0.2, 0) is 5.41 Å². The summed E-state index contributed by atoms with van der Waals surface area (Å²) in [7, 11) is 0. The third-order valence-corrected chi connectivity index (χ3v) is 12.3. The molecule has 1 aliphatic carbocycles. The number of hydrogen-bond acceptors (Lipinski definition) is 2. The van der Waals surface area contributed by atoms with Crippen molar-refractivity contribution in [1.29, 1.82) is 0 Å². The lowest BCUT2D eigenvalue weighted by molar-refractivity contribution is 0.769. The lowest BCUT2D eigenvalue weighted by atomic mass is 9.67. The SMILES string of the molecule is c1ccc(-c2ccc(C3(c4ccccc4)c4cc(N(c5ccccc5)c5ccccc5)ccc4-c4c3cc(N(c3ccccc3)c3ccccc3)c3ccccc43)cc2)cc1. The van der Waals surface area contributed by atoms with Gasteiger partial charge in [0, 0.05) is 33.8 Å². The van der Waals surface area contributed by atoms with Crippen molar-refractivity contribution in [2.75, 3.05) is 9.80 Å². The van der Waals surface area contributed by atoms with Crippen LogP contribution in [0.5, 0.6) is 0 Å². The molecule has 0 radical (unpaired) electrons. The number of rotatable bonds is 9. The van der Waals surface area contributed by atoms with Crippen LogP contribution < -0.4 is 9.80 Å². The predicted octanol–water partition coefficient (Wildman–Crippen LogP) is 15.8. The van der Waals surface area contributed by atoms with Crippen molar-refractivity contribution in [3.05, 3.63) is 277 Å². The van der Waals surface area contributed by atoms with E-state index in [4.69, 9.17) is 0 Å². The Kier molecular flexibility index (Phi) is 9.09. The fourth-order valence-electron chi connectivity index (χ4n) is 9.67. The first-order chi connectivity index (χ1) is 30.3. The van der Waals surface area contributed by atoms with Gasteiger partial charge in [-0.3, -0.25) is 0 Å². The summed E-state index contributed by atoms with van der Waals surface area (Å²) < 4.78 is 0. The molecule has 1 unspecified atom stereocenters. The molecule has 2 heteroatoms. The molecule has 0 aliphatic heterocycles. The van der Waals surface area contributed by atoms with Crippen LogP contribution >= 0.6 is 0 Å². The molecule has 0 bridgehead atoms. The molecule has 61 heavy (non-hydrogen) atoms. The Labute approximate surface area is 357 Å². The molecular weight excluding hydrogens is 737 g/mol. The fraction of sp³-hybridized carbons (Fsp3) is 0.0169. The summed E-state index contributed by atoms with van der Waals surface area (Å²) in [4.78, 5) is 4.81. The maximum absolute atomic E-state index is 2.50. The number of nitrogens with zero attached hydrogens (tertiary/aromatic N) is 2. The van der Waals surface area contributed by atoms with Crippen molar-refractivity contribution < 1.29 is 0 Å². The van der Waals surface area contributed by atoms with Crippen molar-refractivity contribution in [1.82, 2.24) is 0 Å². The third kappa shape index (κ3) is 6.12. The highest BCUT2D eigenvalue weighted by molar-refractivity contribution is 6.11. The van der Waals surface area contributed by atoms with Gasteiger partial charge in [0.05, 0.1) is 11.1 Å². The fourth-order valence-corrected chi connectivity index (χ4v) is 9.67. The highest BCUT2D eigenvalue weighted by atomic mass is 15.1. The van der Waals surface area contributed by atoms with Gasteiger partial charge in [-0.1, -0.05) is 188 Å². The van der Waals surface area contributed by atoms with Gasteiger partial charge in [-0.15, -0.1) is 0 Å². The molecule has 10 aromatic carbocycles. The van der Waals surface area contributed by atoms with E-state index in [1.165, 1.54) is 55.3 Å². The zero-order valence-corrected chi connectivity index (χ0v) is 33.6. The molecule has 2 nitrogen and oxygen atoms in total. The van der Waals surface area contributed by atoms with Crippen LogP contribution in [0.1, 0.15) is 22.3 Å². The Morgan fingerprint density at radius 2 is 0.705 bits per heavy atom. The summed E-state index contributed by atoms with van der Waals surface area (Å²) in [5, 5.41) is 2.42. The maximum atomic E-state index is 2.50. The Morgan fingerprint density at radius 1 is 0.279 bits per heavy atom. The van der Waals surface area contributed by atoms with Crippen LogP contribution in [0, 0.1) is 0 Å². The number of benzene rings is 10. The Hall–Kier alpha value is -7.94. The minimum Gasteiger partial charge on any atom is -0.310 e. The van der Waals surface area contributed by atoms with Crippen molar-refractivity contribution in [2.45, 2.75) is 5.41 Å². The smallest absolute Gasteiger partial charge is 0.0715 e. The van der Waals surface area contributed by atoms with Crippen molar-refractivity contribution >= 4 is 44.9 Å². The molecule has 1 atom stereocenters. The van der Waals surface area contributed by atoms with E-state index in [2.05, 4.69) is 265 Å². The predicted molar refractivity (Wildman–Crippen MR) is 256 cm³/mol. The summed E-state index contributed by atoms with van der Waals surface area (Å²) in [5.41, 5.74) is 15.8. The quantitative estimate of drug-likeness (QED) is 0.144. The van der Waals surface area contributed by atoms with Gasteiger partial charge in [-0.25, -0.2) is 0 Å². The van der Waals surface area contributed by atoms with Crippen LogP contribution in [-0.4, -0.2) is 0 Å². The van der Waals surface area contributed by atoms with Gasteiger partial charge in [-0.2, -0.15) is 0 Å². The van der Waals surface area contributed by atoms with E-state index in [0.717, 1.165) is 34.1 Å². The Balaban J connectivity index is 1.26. The number of anilines is 6. The standard InChI is InChI=1S/C59H42N2/c1-7-21-43(22-8-1)44-35-37-46(38-36-44)59(45-23-9-2-10-24-45)55-41-51(60(47-25-11-3-12-26-47)48-27-13-4-14-28-48)39-40-54(55)58-53-34-20-19-33-52(53)57(42-56(58)59)61(49-29-15-5-16-30-49)50-31-17-6-18-32-50/h1-42H. The Morgan fingerprint density at radius 3 is 1.25 bits per heavy atom. The maximum Gasteiger partial charge on any atom is 0.0715 e. The van der Waals surface area contributed by atoms with Gasteiger partial charge in [0.1, 0.15) is 0 Å². The van der Waals surface area contributed by atoms with Crippen molar-refractivity contribution in [3.8, 4) is 22.3 Å². The molecule has 0 fully saturated rings. The van der Waals surface area contributed by atoms with Crippen LogP contribution in [0.2, 0.25) is 0 Å². The molecule has 0 aromatic heterocycles. The summed E-state index contributed by atoms with van der Waals surface area (Å²) in [6, 6.07) is 92.9. The van der Waals surface area contributed by atoms with Crippen LogP contribution in [0.4, 0.5) is 34.1 Å². The van der Waals surface area contributed by atoms with E-state index in [1.807, 2.05) is 0 Å². The molecule has 288 valence electrons.